The molecule has 5 heteroatoms. The Morgan fingerprint density at radius 1 is 1.27 bits per heavy atom. The SMILES string of the molecule is CC(C)CCCNC(=O)c1ccc(Cn2ccccc2=O)o1. The van der Waals surface area contributed by atoms with E-state index in [2.05, 4.69) is 19.2 Å². The van der Waals surface area contributed by atoms with E-state index in [-0.39, 0.29) is 17.2 Å². The molecule has 0 saturated carbocycles. The molecular formula is C17H22N2O3. The van der Waals surface area contributed by atoms with E-state index in [1.54, 1.807) is 30.5 Å². The lowest BCUT2D eigenvalue weighted by atomic mass is 10.1. The molecule has 2 rings (SSSR count). The average Bonchev–Trinajstić information content (AvgIpc) is 2.94. The van der Waals surface area contributed by atoms with Crippen LogP contribution >= 0.6 is 0 Å². The molecule has 0 bridgehead atoms. The minimum Gasteiger partial charge on any atom is -0.454 e. The van der Waals surface area contributed by atoms with Crippen molar-refractivity contribution in [2.45, 2.75) is 33.2 Å². The molecule has 118 valence electrons. The highest BCUT2D eigenvalue weighted by atomic mass is 16.4. The van der Waals surface area contributed by atoms with Gasteiger partial charge in [-0.15, -0.1) is 0 Å². The molecule has 0 spiro atoms. The zero-order chi connectivity index (χ0) is 15.9. The summed E-state index contributed by atoms with van der Waals surface area (Å²) in [6, 6.07) is 8.33. The molecule has 2 heterocycles. The quantitative estimate of drug-likeness (QED) is 0.800. The number of pyridine rings is 1. The Hall–Kier alpha value is -2.30. The van der Waals surface area contributed by atoms with Gasteiger partial charge in [0.2, 0.25) is 0 Å². The molecule has 0 fully saturated rings. The van der Waals surface area contributed by atoms with Crippen LogP contribution in [0.15, 0.2) is 45.7 Å². The molecule has 0 saturated heterocycles. The zero-order valence-electron chi connectivity index (χ0n) is 13.0. The van der Waals surface area contributed by atoms with Gasteiger partial charge in [0, 0.05) is 18.8 Å². The lowest BCUT2D eigenvalue weighted by Crippen LogP contribution is -2.24. The van der Waals surface area contributed by atoms with Crippen LogP contribution in [0, 0.1) is 5.92 Å². The number of nitrogens with zero attached hydrogens (tertiary/aromatic N) is 1. The molecule has 2 aromatic rings. The van der Waals surface area contributed by atoms with Gasteiger partial charge < -0.3 is 14.3 Å². The molecule has 0 aliphatic carbocycles. The fourth-order valence-electron chi connectivity index (χ4n) is 2.14. The Morgan fingerprint density at radius 3 is 2.82 bits per heavy atom. The van der Waals surface area contributed by atoms with E-state index in [4.69, 9.17) is 4.42 Å². The lowest BCUT2D eigenvalue weighted by Gasteiger charge is -2.05. The number of carbonyl (C=O) groups is 1. The van der Waals surface area contributed by atoms with E-state index >= 15 is 0 Å². The highest BCUT2D eigenvalue weighted by Gasteiger charge is 2.11. The van der Waals surface area contributed by atoms with Crippen LogP contribution < -0.4 is 10.9 Å². The summed E-state index contributed by atoms with van der Waals surface area (Å²) in [5.41, 5.74) is -0.0985. The average molecular weight is 302 g/mol. The third kappa shape index (κ3) is 4.62. The van der Waals surface area contributed by atoms with E-state index in [9.17, 15) is 9.59 Å². The van der Waals surface area contributed by atoms with Crippen molar-refractivity contribution in [2.75, 3.05) is 6.54 Å². The van der Waals surface area contributed by atoms with Crippen LogP contribution in [0.5, 0.6) is 0 Å². The Labute approximate surface area is 130 Å². The summed E-state index contributed by atoms with van der Waals surface area (Å²) in [5, 5.41) is 2.84. The van der Waals surface area contributed by atoms with Crippen molar-refractivity contribution in [3.63, 3.8) is 0 Å². The number of amides is 1. The van der Waals surface area contributed by atoms with Crippen molar-refractivity contribution in [1.29, 1.82) is 0 Å². The fraction of sp³-hybridized carbons (Fsp3) is 0.412. The molecule has 0 atom stereocenters. The predicted molar refractivity (Wildman–Crippen MR) is 84.9 cm³/mol. The number of hydrogen-bond donors (Lipinski definition) is 1. The smallest absolute Gasteiger partial charge is 0.286 e. The maximum absolute atomic E-state index is 11.9. The second-order valence-corrected chi connectivity index (χ2v) is 5.72. The number of carbonyl (C=O) groups excluding carboxylic acids is 1. The molecule has 22 heavy (non-hydrogen) atoms. The van der Waals surface area contributed by atoms with Gasteiger partial charge in [0.15, 0.2) is 5.76 Å². The number of nitrogens with one attached hydrogen (secondary N) is 1. The van der Waals surface area contributed by atoms with Gasteiger partial charge in [-0.25, -0.2) is 0 Å². The third-order valence-electron chi connectivity index (χ3n) is 3.35. The Balaban J connectivity index is 1.89. The molecule has 0 aliphatic heterocycles. The maximum atomic E-state index is 11.9. The monoisotopic (exact) mass is 302 g/mol. The summed E-state index contributed by atoms with van der Waals surface area (Å²) in [5.74, 6) is 1.29. The van der Waals surface area contributed by atoms with Gasteiger partial charge in [-0.3, -0.25) is 9.59 Å². The topological polar surface area (TPSA) is 64.2 Å². The van der Waals surface area contributed by atoms with Crippen LogP contribution in [0.1, 0.15) is 43.0 Å². The Bertz CT molecular complexity index is 670. The van der Waals surface area contributed by atoms with Gasteiger partial charge in [0.1, 0.15) is 5.76 Å². The van der Waals surface area contributed by atoms with Gasteiger partial charge >= 0.3 is 0 Å². The lowest BCUT2D eigenvalue weighted by molar-refractivity contribution is 0.0923. The summed E-state index contributed by atoms with van der Waals surface area (Å²) >= 11 is 0. The molecule has 1 amide bonds. The van der Waals surface area contributed by atoms with E-state index in [1.165, 1.54) is 10.6 Å². The second kappa shape index (κ2) is 7.64. The van der Waals surface area contributed by atoms with Gasteiger partial charge in [-0.1, -0.05) is 19.9 Å². The predicted octanol–water partition coefficient (Wildman–Crippen LogP) is 2.66. The summed E-state index contributed by atoms with van der Waals surface area (Å²) in [6.45, 7) is 5.28. The van der Waals surface area contributed by atoms with Crippen LogP contribution in [-0.2, 0) is 6.54 Å². The minimum absolute atomic E-state index is 0.0985. The minimum atomic E-state index is -0.213. The normalized spacial score (nSPS) is 10.9. The molecule has 1 N–H and O–H groups in total. The molecule has 0 radical (unpaired) electrons. The summed E-state index contributed by atoms with van der Waals surface area (Å²) in [7, 11) is 0. The molecule has 5 nitrogen and oxygen atoms in total. The zero-order valence-corrected chi connectivity index (χ0v) is 13.0. The Kier molecular flexibility index (Phi) is 5.58. The first-order chi connectivity index (χ1) is 10.6. The molecule has 0 aliphatic rings. The van der Waals surface area contributed by atoms with Crippen molar-refractivity contribution in [2.24, 2.45) is 5.92 Å². The van der Waals surface area contributed by atoms with Crippen molar-refractivity contribution >= 4 is 5.91 Å². The van der Waals surface area contributed by atoms with Gasteiger partial charge in [0.25, 0.3) is 11.5 Å². The highest BCUT2D eigenvalue weighted by Crippen LogP contribution is 2.09. The highest BCUT2D eigenvalue weighted by molar-refractivity contribution is 5.91. The summed E-state index contributed by atoms with van der Waals surface area (Å²) in [6.07, 6.45) is 3.73. The van der Waals surface area contributed by atoms with Crippen LogP contribution in [0.25, 0.3) is 0 Å². The Morgan fingerprint density at radius 2 is 2.09 bits per heavy atom. The number of hydrogen-bond acceptors (Lipinski definition) is 3. The van der Waals surface area contributed by atoms with Gasteiger partial charge in [-0.05, 0) is 37.0 Å². The van der Waals surface area contributed by atoms with E-state index < -0.39 is 0 Å². The van der Waals surface area contributed by atoms with Crippen LogP contribution in [0.4, 0.5) is 0 Å². The molecule has 2 aromatic heterocycles. The van der Waals surface area contributed by atoms with Crippen molar-refractivity contribution in [1.82, 2.24) is 9.88 Å². The number of furan rings is 1. The van der Waals surface area contributed by atoms with Crippen molar-refractivity contribution in [3.05, 3.63) is 58.4 Å². The standard InChI is InChI=1S/C17H22N2O3/c1-13(2)6-5-10-18-17(21)15-9-8-14(22-15)12-19-11-4-3-7-16(19)20/h3-4,7-9,11,13H,5-6,10,12H2,1-2H3,(H,18,21). The largest absolute Gasteiger partial charge is 0.454 e. The van der Waals surface area contributed by atoms with Gasteiger partial charge in [0.05, 0.1) is 6.54 Å². The van der Waals surface area contributed by atoms with E-state index in [0.717, 1.165) is 12.8 Å². The van der Waals surface area contributed by atoms with E-state index in [0.29, 0.717) is 24.8 Å². The number of aromatic nitrogens is 1. The first-order valence-electron chi connectivity index (χ1n) is 7.58. The molecular weight excluding hydrogens is 280 g/mol. The third-order valence-corrected chi connectivity index (χ3v) is 3.35. The maximum Gasteiger partial charge on any atom is 0.286 e. The first kappa shape index (κ1) is 16.1. The second-order valence-electron chi connectivity index (χ2n) is 5.72. The van der Waals surface area contributed by atoms with Crippen LogP contribution in [0.2, 0.25) is 0 Å². The summed E-state index contributed by atoms with van der Waals surface area (Å²) in [4.78, 5) is 23.6. The molecule has 0 aromatic carbocycles. The van der Waals surface area contributed by atoms with Crippen LogP contribution in [-0.4, -0.2) is 17.0 Å². The summed E-state index contributed by atoms with van der Waals surface area (Å²) < 4.78 is 7.04. The van der Waals surface area contributed by atoms with E-state index in [1.807, 2.05) is 0 Å². The fourth-order valence-corrected chi connectivity index (χ4v) is 2.14. The molecule has 0 unspecified atom stereocenters. The first-order valence-corrected chi connectivity index (χ1v) is 7.58. The van der Waals surface area contributed by atoms with Crippen molar-refractivity contribution < 1.29 is 9.21 Å². The van der Waals surface area contributed by atoms with Gasteiger partial charge in [-0.2, -0.15) is 0 Å². The van der Waals surface area contributed by atoms with Crippen molar-refractivity contribution in [3.8, 4) is 0 Å². The van der Waals surface area contributed by atoms with Crippen LogP contribution in [0.3, 0.4) is 0 Å². The number of rotatable bonds is 7.